The number of hydrogen-bond donors (Lipinski definition) is 1. The maximum atomic E-state index is 13.8. The molecule has 1 N–H and O–H groups in total. The van der Waals surface area contributed by atoms with E-state index >= 15 is 0 Å². The molecular weight excluding hydrogens is 447 g/mol. The number of aromatic hydroxyl groups is 1. The summed E-state index contributed by atoms with van der Waals surface area (Å²) in [6.45, 7) is 0.228. The van der Waals surface area contributed by atoms with Gasteiger partial charge in [0.25, 0.3) is 0 Å². The van der Waals surface area contributed by atoms with Gasteiger partial charge in [0.15, 0.2) is 0 Å². The van der Waals surface area contributed by atoms with Crippen molar-refractivity contribution in [1.82, 2.24) is 4.31 Å². The van der Waals surface area contributed by atoms with Gasteiger partial charge in [-0.2, -0.15) is 4.31 Å². The number of nitrogens with zero attached hydrogens (tertiary/aromatic N) is 2. The minimum absolute atomic E-state index is 0.0114. The van der Waals surface area contributed by atoms with Crippen molar-refractivity contribution in [3.05, 3.63) is 89.7 Å². The highest BCUT2D eigenvalue weighted by Gasteiger charge is 2.40. The lowest BCUT2D eigenvalue weighted by Crippen LogP contribution is -2.49. The number of carbonyl (C=O) groups excluding carboxylic acids is 1. The van der Waals surface area contributed by atoms with Crippen molar-refractivity contribution in [1.29, 1.82) is 0 Å². The van der Waals surface area contributed by atoms with Crippen molar-refractivity contribution in [2.45, 2.75) is 24.0 Å². The topological polar surface area (TPSA) is 87.2 Å². The van der Waals surface area contributed by atoms with E-state index in [0.29, 0.717) is 11.1 Å². The van der Waals surface area contributed by atoms with Crippen molar-refractivity contribution >= 4 is 21.7 Å². The molecule has 9 heteroatoms. The van der Waals surface area contributed by atoms with Crippen molar-refractivity contribution in [3.8, 4) is 5.75 Å². The second kappa shape index (κ2) is 9.21. The van der Waals surface area contributed by atoms with Crippen LogP contribution in [0.4, 0.5) is 10.1 Å². The minimum atomic E-state index is -4.12. The predicted molar refractivity (Wildman–Crippen MR) is 121 cm³/mol. The molecule has 1 heterocycles. The highest BCUT2D eigenvalue weighted by molar-refractivity contribution is 7.89. The Hall–Kier alpha value is -3.43. The lowest BCUT2D eigenvalue weighted by molar-refractivity contribution is -0.144. The fourth-order valence-corrected chi connectivity index (χ4v) is 5.52. The Labute approximate surface area is 191 Å². The highest BCUT2D eigenvalue weighted by Crippen LogP contribution is 2.32. The van der Waals surface area contributed by atoms with Crippen molar-refractivity contribution in [2.75, 3.05) is 18.6 Å². The second-order valence-corrected chi connectivity index (χ2v) is 9.61. The maximum Gasteiger partial charge on any atom is 0.326 e. The molecule has 1 atom stereocenters. The molecule has 1 unspecified atom stereocenters. The Morgan fingerprint density at radius 3 is 2.52 bits per heavy atom. The van der Waals surface area contributed by atoms with Gasteiger partial charge < -0.3 is 14.7 Å². The fourth-order valence-electron chi connectivity index (χ4n) is 3.97. The van der Waals surface area contributed by atoms with Crippen LogP contribution < -0.4 is 4.90 Å². The molecule has 0 fully saturated rings. The normalized spacial score (nSPS) is 16.7. The quantitative estimate of drug-likeness (QED) is 0.576. The van der Waals surface area contributed by atoms with Crippen LogP contribution in [0.2, 0.25) is 0 Å². The molecule has 0 saturated heterocycles. The van der Waals surface area contributed by atoms with Crippen LogP contribution >= 0.6 is 0 Å². The molecule has 0 amide bonds. The fraction of sp³-hybridized carbons (Fsp3) is 0.208. The number of ether oxygens (including phenoxy) is 1. The number of sulfonamides is 1. The van der Waals surface area contributed by atoms with Gasteiger partial charge in [-0.3, -0.25) is 4.79 Å². The van der Waals surface area contributed by atoms with Gasteiger partial charge in [-0.05, 0) is 53.6 Å². The Bertz CT molecular complexity index is 1260. The van der Waals surface area contributed by atoms with Crippen LogP contribution in [-0.2, 0) is 32.6 Å². The predicted octanol–water partition coefficient (Wildman–Crippen LogP) is 3.28. The average Bonchev–Trinajstić information content (AvgIpc) is 2.97. The van der Waals surface area contributed by atoms with Crippen LogP contribution in [0.5, 0.6) is 5.75 Å². The van der Waals surface area contributed by atoms with E-state index in [0.717, 1.165) is 9.99 Å². The summed E-state index contributed by atoms with van der Waals surface area (Å²) in [5, 5.41) is 9.56. The number of halogens is 1. The minimum Gasteiger partial charge on any atom is -0.508 e. The molecule has 1 aliphatic heterocycles. The molecule has 0 aliphatic carbocycles. The van der Waals surface area contributed by atoms with E-state index in [2.05, 4.69) is 0 Å². The third-order valence-electron chi connectivity index (χ3n) is 5.58. The number of esters is 1. The van der Waals surface area contributed by atoms with Gasteiger partial charge in [-0.15, -0.1) is 0 Å². The number of anilines is 1. The van der Waals surface area contributed by atoms with Gasteiger partial charge in [-0.25, -0.2) is 12.8 Å². The summed E-state index contributed by atoms with van der Waals surface area (Å²) < 4.78 is 47.0. The summed E-state index contributed by atoms with van der Waals surface area (Å²) in [5.74, 6) is -1.15. The van der Waals surface area contributed by atoms with Crippen LogP contribution in [-0.4, -0.2) is 43.5 Å². The van der Waals surface area contributed by atoms with E-state index in [9.17, 15) is 22.7 Å². The number of methoxy groups -OCH3 is 1. The molecule has 4 rings (SSSR count). The standard InChI is InChI=1S/C24H23FN2O5S/c1-32-24(29)23-16-26(14-17-5-4-7-19(25)13-17)22-8-3-2-6-18(22)15-27(23)33(30,31)21-11-9-20(28)10-12-21/h2-13,23,28H,14-16H2,1H3. The molecular formula is C24H23FN2O5S. The molecule has 7 nitrogen and oxygen atoms in total. The number of rotatable bonds is 5. The van der Waals surface area contributed by atoms with Gasteiger partial charge in [0.2, 0.25) is 10.0 Å². The third-order valence-corrected chi connectivity index (χ3v) is 7.45. The summed E-state index contributed by atoms with van der Waals surface area (Å²) in [6, 6.07) is 17.4. The van der Waals surface area contributed by atoms with Gasteiger partial charge in [0, 0.05) is 25.3 Å². The lowest BCUT2D eigenvalue weighted by atomic mass is 10.1. The van der Waals surface area contributed by atoms with Gasteiger partial charge in [-0.1, -0.05) is 30.3 Å². The summed E-state index contributed by atoms with van der Waals surface area (Å²) >= 11 is 0. The SMILES string of the molecule is COC(=O)C1CN(Cc2cccc(F)c2)c2ccccc2CN1S(=O)(=O)c1ccc(O)cc1. The van der Waals surface area contributed by atoms with Crippen LogP contribution in [0.1, 0.15) is 11.1 Å². The molecule has 1 aliphatic rings. The number of phenolic OH excluding ortho intramolecular Hbond substituents is 1. The Morgan fingerprint density at radius 1 is 1.09 bits per heavy atom. The molecule has 0 spiro atoms. The largest absolute Gasteiger partial charge is 0.508 e. The van der Waals surface area contributed by atoms with E-state index in [-0.39, 0.29) is 36.1 Å². The smallest absolute Gasteiger partial charge is 0.326 e. The van der Waals surface area contributed by atoms with Gasteiger partial charge in [0.05, 0.1) is 12.0 Å². The van der Waals surface area contributed by atoms with Gasteiger partial charge >= 0.3 is 5.97 Å². The van der Waals surface area contributed by atoms with Crippen LogP contribution in [0.15, 0.2) is 77.7 Å². The average molecular weight is 471 g/mol. The van der Waals surface area contributed by atoms with Crippen molar-refractivity contribution in [2.24, 2.45) is 0 Å². The van der Waals surface area contributed by atoms with E-state index in [1.54, 1.807) is 24.3 Å². The number of fused-ring (bicyclic) bond motifs is 1. The number of carbonyl (C=O) groups is 1. The van der Waals surface area contributed by atoms with E-state index in [4.69, 9.17) is 4.74 Å². The lowest BCUT2D eigenvalue weighted by Gasteiger charge is -2.30. The first-order valence-electron chi connectivity index (χ1n) is 10.3. The zero-order valence-corrected chi connectivity index (χ0v) is 18.7. The van der Waals surface area contributed by atoms with E-state index < -0.39 is 22.0 Å². The molecule has 0 radical (unpaired) electrons. The number of hydrogen-bond acceptors (Lipinski definition) is 6. The molecule has 0 saturated carbocycles. The first kappa shape index (κ1) is 22.8. The van der Waals surface area contributed by atoms with Gasteiger partial charge in [0.1, 0.15) is 17.6 Å². The summed E-state index contributed by atoms with van der Waals surface area (Å²) in [7, 11) is -2.91. The number of benzene rings is 3. The maximum absolute atomic E-state index is 13.8. The van der Waals surface area contributed by atoms with Crippen LogP contribution in [0.25, 0.3) is 0 Å². The van der Waals surface area contributed by atoms with Crippen molar-refractivity contribution < 1.29 is 27.4 Å². The second-order valence-electron chi connectivity index (χ2n) is 7.72. The monoisotopic (exact) mass is 470 g/mol. The number of para-hydroxylation sites is 1. The molecule has 3 aromatic carbocycles. The zero-order chi connectivity index (χ0) is 23.6. The zero-order valence-electron chi connectivity index (χ0n) is 17.9. The Kier molecular flexibility index (Phi) is 6.35. The molecule has 172 valence electrons. The summed E-state index contributed by atoms with van der Waals surface area (Å²) in [4.78, 5) is 14.6. The van der Waals surface area contributed by atoms with Crippen LogP contribution in [0.3, 0.4) is 0 Å². The Balaban J connectivity index is 1.79. The number of phenols is 1. The summed E-state index contributed by atoms with van der Waals surface area (Å²) in [6.07, 6.45) is 0. The first-order valence-corrected chi connectivity index (χ1v) is 11.7. The highest BCUT2D eigenvalue weighted by atomic mass is 32.2. The molecule has 33 heavy (non-hydrogen) atoms. The van der Waals surface area contributed by atoms with Crippen LogP contribution in [0, 0.1) is 5.82 Å². The molecule has 0 bridgehead atoms. The molecule has 0 aromatic heterocycles. The Morgan fingerprint density at radius 2 is 1.82 bits per heavy atom. The van der Waals surface area contributed by atoms with E-state index in [1.807, 2.05) is 17.0 Å². The summed E-state index contributed by atoms with van der Waals surface area (Å²) in [5.41, 5.74) is 2.13. The van der Waals surface area contributed by atoms with Crippen molar-refractivity contribution in [3.63, 3.8) is 0 Å². The molecule has 3 aromatic rings. The van der Waals surface area contributed by atoms with E-state index in [1.165, 1.54) is 43.5 Å². The first-order chi connectivity index (χ1) is 15.8. The third kappa shape index (κ3) is 4.69.